The summed E-state index contributed by atoms with van der Waals surface area (Å²) in [7, 11) is 41.6. The van der Waals surface area contributed by atoms with Gasteiger partial charge in [-0.25, -0.2) is 0 Å². The second-order valence-electron chi connectivity index (χ2n) is 4.63. The van der Waals surface area contributed by atoms with Gasteiger partial charge in [-0.3, -0.25) is 0 Å². The molecule has 76 valence electrons. The second-order valence-corrected chi connectivity index (χ2v) is 5.65. The van der Waals surface area contributed by atoms with Crippen molar-refractivity contribution in [2.24, 2.45) is 0 Å². The van der Waals surface area contributed by atoms with E-state index in [-0.39, 0.29) is 10.9 Å². The molecule has 3 aromatic rings. The summed E-state index contributed by atoms with van der Waals surface area (Å²) in [6, 6.07) is 1.73. The van der Waals surface area contributed by atoms with Gasteiger partial charge in [0.15, 0.2) is 0 Å². The Balaban J connectivity index is 2.67. The van der Waals surface area contributed by atoms with Crippen LogP contribution in [0.1, 0.15) is 0 Å². The van der Waals surface area contributed by atoms with Crippen molar-refractivity contribution < 1.29 is 0 Å². The third-order valence-electron chi connectivity index (χ3n) is 3.48. The van der Waals surface area contributed by atoms with Gasteiger partial charge in [-0.15, -0.1) is 33.2 Å². The molecule has 14 radical (unpaired) electrons. The van der Waals surface area contributed by atoms with Crippen molar-refractivity contribution in [2.75, 3.05) is 0 Å². The zero-order valence-electron chi connectivity index (χ0n) is 10.5. The fourth-order valence-corrected chi connectivity index (χ4v) is 3.53. The minimum Gasteiger partial charge on any atom is -0.137 e. The first-order valence-electron chi connectivity index (χ1n) is 5.76. The van der Waals surface area contributed by atoms with Crippen LogP contribution in [0.3, 0.4) is 0 Å². The van der Waals surface area contributed by atoms with Crippen LogP contribution < -0.4 is 38.2 Å². The van der Waals surface area contributed by atoms with Gasteiger partial charge in [0, 0.05) is 9.40 Å². The molecule has 8 heteroatoms. The summed E-state index contributed by atoms with van der Waals surface area (Å²) < 4.78 is 1.51. The van der Waals surface area contributed by atoms with Crippen LogP contribution in [0, 0.1) is 0 Å². The number of hydrogen-bond donors (Lipinski definition) is 0. The minimum atomic E-state index is 0.267. The Kier molecular flexibility index (Phi) is 3.21. The largest absolute Gasteiger partial charge is 0.137 e. The molecule has 0 saturated carbocycles. The average molecular weight is 253 g/mol. The zero-order chi connectivity index (χ0) is 14.8. The number of hydrogen-bond acceptors (Lipinski definition) is 1. The Labute approximate surface area is 130 Å². The molecule has 0 saturated heterocycles. The van der Waals surface area contributed by atoms with E-state index >= 15 is 0 Å². The highest BCUT2D eigenvalue weighted by atomic mass is 32.1. The molecule has 3 rings (SSSR count). The molecule has 20 heavy (non-hydrogen) atoms. The van der Waals surface area contributed by atoms with Gasteiger partial charge in [0.2, 0.25) is 0 Å². The predicted octanol–water partition coefficient (Wildman–Crippen LogP) is -4.39. The van der Waals surface area contributed by atoms with Crippen molar-refractivity contribution >= 4 is 125 Å². The van der Waals surface area contributed by atoms with Gasteiger partial charge in [0.1, 0.15) is 54.9 Å². The molecule has 0 N–H and O–H groups in total. The van der Waals surface area contributed by atoms with Gasteiger partial charge in [-0.1, -0.05) is 22.5 Å². The van der Waals surface area contributed by atoms with Crippen molar-refractivity contribution in [2.45, 2.75) is 0 Å². The first kappa shape index (κ1) is 14.1. The molecular weight excluding hydrogens is 252 g/mol. The van der Waals surface area contributed by atoms with E-state index < -0.39 is 0 Å². The first-order valence-corrected chi connectivity index (χ1v) is 6.57. The van der Waals surface area contributed by atoms with Gasteiger partial charge in [-0.05, 0) is 10.8 Å². The maximum absolute atomic E-state index is 6.07. The van der Waals surface area contributed by atoms with Crippen LogP contribution in [-0.4, -0.2) is 54.9 Å². The molecule has 0 unspecified atom stereocenters. The van der Waals surface area contributed by atoms with Crippen molar-refractivity contribution in [3.05, 3.63) is 6.07 Å². The van der Waals surface area contributed by atoms with Crippen LogP contribution in [0.15, 0.2) is 6.07 Å². The Morgan fingerprint density at radius 2 is 1.15 bits per heavy atom. The SMILES string of the molecule is [B]c1cc2c(sc3c([B])c([B])c([B])c([B])c32)c([B])c1[B]. The molecule has 0 atom stereocenters. The van der Waals surface area contributed by atoms with Crippen LogP contribution in [0.5, 0.6) is 0 Å². The van der Waals surface area contributed by atoms with E-state index in [1.54, 1.807) is 6.07 Å². The summed E-state index contributed by atoms with van der Waals surface area (Å²) >= 11 is 1.37. The molecule has 1 heterocycles. The highest BCUT2D eigenvalue weighted by Gasteiger charge is 2.15. The lowest BCUT2D eigenvalue weighted by atomic mass is 9.65. The topological polar surface area (TPSA) is 0 Å². The average Bonchev–Trinajstić information content (AvgIpc) is 2.80. The molecule has 0 aliphatic carbocycles. The van der Waals surface area contributed by atoms with E-state index in [1.807, 2.05) is 0 Å². The molecule has 0 aliphatic rings. The van der Waals surface area contributed by atoms with Gasteiger partial charge >= 0.3 is 0 Å². The summed E-state index contributed by atoms with van der Waals surface area (Å²) in [6.45, 7) is 0. The molecule has 0 nitrogen and oxygen atoms in total. The van der Waals surface area contributed by atoms with Crippen LogP contribution >= 0.6 is 11.3 Å². The lowest BCUT2D eigenvalue weighted by molar-refractivity contribution is 2.09. The Hall–Kier alpha value is -0.885. The van der Waals surface area contributed by atoms with Gasteiger partial charge < -0.3 is 0 Å². The van der Waals surface area contributed by atoms with Crippen molar-refractivity contribution in [3.63, 3.8) is 0 Å². The Bertz CT molecular complexity index is 881. The third kappa shape index (κ3) is 1.70. The maximum Gasteiger partial charge on any atom is 0.114 e. The normalized spacial score (nSPS) is 11.4. The van der Waals surface area contributed by atoms with E-state index in [9.17, 15) is 0 Å². The number of thiophene rings is 1. The van der Waals surface area contributed by atoms with Gasteiger partial charge in [-0.2, -0.15) is 0 Å². The summed E-state index contributed by atoms with van der Waals surface area (Å²) in [5.41, 5.74) is 2.47. The number of fused-ring (bicyclic) bond motifs is 3. The van der Waals surface area contributed by atoms with E-state index in [2.05, 4.69) is 0 Å². The molecule has 0 amide bonds. The Morgan fingerprint density at radius 1 is 0.600 bits per heavy atom. The standard InChI is InChI=1S/C12HB7S/c13-3-1-2-4-6(15)7(16)8(17)10(19)12(4)20-11(2)9(18)5(3)14/h1H. The van der Waals surface area contributed by atoms with Gasteiger partial charge in [0.25, 0.3) is 0 Å². The van der Waals surface area contributed by atoms with Crippen LogP contribution in [0.4, 0.5) is 0 Å². The highest BCUT2D eigenvalue weighted by Crippen LogP contribution is 2.28. The molecule has 2 aromatic carbocycles. The zero-order valence-corrected chi connectivity index (χ0v) is 11.3. The fourth-order valence-electron chi connectivity index (χ4n) is 2.30. The van der Waals surface area contributed by atoms with Crippen LogP contribution in [-0.2, 0) is 0 Å². The minimum absolute atomic E-state index is 0.267. The fraction of sp³-hybridized carbons (Fsp3) is 0. The van der Waals surface area contributed by atoms with E-state index in [0.29, 0.717) is 32.7 Å². The van der Waals surface area contributed by atoms with E-state index in [1.165, 1.54) is 11.3 Å². The predicted molar refractivity (Wildman–Crippen MR) is 97.0 cm³/mol. The molecule has 0 bridgehead atoms. The summed E-state index contributed by atoms with van der Waals surface area (Å²) in [6.07, 6.45) is 0. The van der Waals surface area contributed by atoms with E-state index in [0.717, 1.165) is 14.8 Å². The first-order chi connectivity index (χ1) is 9.34. The number of benzene rings is 2. The molecule has 0 spiro atoms. The van der Waals surface area contributed by atoms with Crippen molar-refractivity contribution in [3.8, 4) is 0 Å². The summed E-state index contributed by atoms with van der Waals surface area (Å²) in [5.74, 6) is 0. The molecular formula is C12HB7S. The quantitative estimate of drug-likeness (QED) is 0.355. The lowest BCUT2D eigenvalue weighted by Crippen LogP contribution is -2.47. The highest BCUT2D eigenvalue weighted by molar-refractivity contribution is 7.28. The van der Waals surface area contributed by atoms with E-state index in [4.69, 9.17) is 54.9 Å². The Morgan fingerprint density at radius 3 is 1.80 bits per heavy atom. The van der Waals surface area contributed by atoms with Crippen molar-refractivity contribution in [1.29, 1.82) is 0 Å². The van der Waals surface area contributed by atoms with Crippen LogP contribution in [0.2, 0.25) is 0 Å². The summed E-state index contributed by atoms with van der Waals surface area (Å²) in [5, 5.41) is 1.50. The second kappa shape index (κ2) is 4.56. The summed E-state index contributed by atoms with van der Waals surface area (Å²) in [4.78, 5) is 0. The third-order valence-corrected chi connectivity index (χ3v) is 4.75. The monoisotopic (exact) mass is 254 g/mol. The smallest absolute Gasteiger partial charge is 0.114 e. The van der Waals surface area contributed by atoms with Crippen molar-refractivity contribution in [1.82, 2.24) is 0 Å². The lowest BCUT2D eigenvalue weighted by Gasteiger charge is -2.13. The van der Waals surface area contributed by atoms with Gasteiger partial charge in [0.05, 0.1) is 0 Å². The number of rotatable bonds is 0. The molecule has 1 aromatic heterocycles. The van der Waals surface area contributed by atoms with Crippen LogP contribution in [0.25, 0.3) is 20.2 Å². The molecule has 0 fully saturated rings. The maximum atomic E-state index is 6.07. The molecule has 0 aliphatic heterocycles.